The Kier molecular flexibility index (Phi) is 6.45. The second-order valence-corrected chi connectivity index (χ2v) is 7.79. The summed E-state index contributed by atoms with van der Waals surface area (Å²) in [4.78, 5) is 18.1. The Morgan fingerprint density at radius 1 is 1.04 bits per heavy atom. The van der Waals surface area contributed by atoms with E-state index in [1.54, 1.807) is 6.07 Å². The van der Waals surface area contributed by atoms with Gasteiger partial charge in [-0.05, 0) is 78.6 Å². The Balaban J connectivity index is 2.34. The molecule has 0 heterocycles. The fraction of sp³-hybridized carbons (Fsp3) is 0.400. The largest absolute Gasteiger partial charge is 0.508 e. The van der Waals surface area contributed by atoms with Crippen molar-refractivity contribution in [3.63, 3.8) is 0 Å². The van der Waals surface area contributed by atoms with E-state index >= 15 is 0 Å². The first kappa shape index (κ1) is 19.7. The average molecular weight is 362 g/mol. The molecule has 3 N–H and O–H groups in total. The van der Waals surface area contributed by atoms with E-state index in [9.17, 15) is 5.11 Å². The summed E-state index contributed by atoms with van der Waals surface area (Å²) in [6, 6.07) is 7.76. The number of benzene rings is 2. The lowest BCUT2D eigenvalue weighted by Crippen LogP contribution is -2.04. The van der Waals surface area contributed by atoms with Crippen LogP contribution in [0.5, 0.6) is 11.5 Å². The zero-order valence-electron chi connectivity index (χ0n) is 15.5. The van der Waals surface area contributed by atoms with Crippen molar-refractivity contribution in [3.8, 4) is 11.5 Å². The van der Waals surface area contributed by atoms with Gasteiger partial charge in [0.1, 0.15) is 11.5 Å². The second-order valence-electron chi connectivity index (χ2n) is 6.79. The van der Waals surface area contributed by atoms with Gasteiger partial charge in [0.25, 0.3) is 0 Å². The van der Waals surface area contributed by atoms with Crippen molar-refractivity contribution >= 4 is 8.38 Å². The van der Waals surface area contributed by atoms with Crippen molar-refractivity contribution in [2.75, 3.05) is 6.35 Å². The van der Waals surface area contributed by atoms with Crippen LogP contribution in [0.2, 0.25) is 0 Å². The quantitative estimate of drug-likeness (QED) is 0.654. The van der Waals surface area contributed by atoms with Crippen LogP contribution in [0.1, 0.15) is 53.1 Å². The molecule has 0 saturated carbocycles. The van der Waals surface area contributed by atoms with Crippen molar-refractivity contribution in [3.05, 3.63) is 57.6 Å². The molecule has 2 aromatic carbocycles. The maximum absolute atomic E-state index is 10.0. The number of aryl methyl sites for hydroxylation is 1. The van der Waals surface area contributed by atoms with Crippen LogP contribution in [0.4, 0.5) is 0 Å². The summed E-state index contributed by atoms with van der Waals surface area (Å²) in [7, 11) is -2.06. The third-order valence-corrected chi connectivity index (χ3v) is 5.00. The first-order valence-corrected chi connectivity index (χ1v) is 9.83. The standard InChI is InChI=1S/C20H27O4P/c1-12(2)17-9-16(6-7-19(17)21)10-18-13(3)8-20(15(5)14(18)4)24-11-25(22)23/h6-9,12,21-23H,10-11H2,1-5H3. The van der Waals surface area contributed by atoms with E-state index in [-0.39, 0.29) is 12.3 Å². The fourth-order valence-electron chi connectivity index (χ4n) is 3.03. The van der Waals surface area contributed by atoms with Gasteiger partial charge in [-0.25, -0.2) is 0 Å². The predicted octanol–water partition coefficient (Wildman–Crippen LogP) is 4.66. The van der Waals surface area contributed by atoms with Crippen LogP contribution in [-0.2, 0) is 6.42 Å². The minimum atomic E-state index is -2.06. The summed E-state index contributed by atoms with van der Waals surface area (Å²) in [6.45, 7) is 10.2. The van der Waals surface area contributed by atoms with Gasteiger partial charge in [0, 0.05) is 0 Å². The van der Waals surface area contributed by atoms with Crippen LogP contribution in [0.15, 0.2) is 24.3 Å². The number of hydrogen-bond donors (Lipinski definition) is 3. The zero-order valence-corrected chi connectivity index (χ0v) is 16.4. The maximum Gasteiger partial charge on any atom is 0.205 e. The monoisotopic (exact) mass is 362 g/mol. The Morgan fingerprint density at radius 3 is 2.32 bits per heavy atom. The molecule has 0 saturated heterocycles. The summed E-state index contributed by atoms with van der Waals surface area (Å²) in [6.07, 6.45) is 0.704. The van der Waals surface area contributed by atoms with Gasteiger partial charge in [-0.1, -0.05) is 26.0 Å². The molecule has 0 aliphatic rings. The van der Waals surface area contributed by atoms with Gasteiger partial charge in [-0.3, -0.25) is 0 Å². The fourth-order valence-corrected chi connectivity index (χ4v) is 3.28. The molecule has 4 nitrogen and oxygen atoms in total. The van der Waals surface area contributed by atoms with Gasteiger partial charge < -0.3 is 19.6 Å². The Labute approximate surface area is 151 Å². The molecule has 0 fully saturated rings. The summed E-state index contributed by atoms with van der Waals surface area (Å²) in [5, 5.41) is 10.0. The van der Waals surface area contributed by atoms with Crippen LogP contribution in [0, 0.1) is 20.8 Å². The molecule has 2 rings (SSSR count). The summed E-state index contributed by atoms with van der Waals surface area (Å²) < 4.78 is 5.53. The van der Waals surface area contributed by atoms with Crippen LogP contribution >= 0.6 is 8.38 Å². The molecule has 0 radical (unpaired) electrons. The lowest BCUT2D eigenvalue weighted by Gasteiger charge is -2.18. The van der Waals surface area contributed by atoms with E-state index in [1.165, 1.54) is 5.56 Å². The predicted molar refractivity (Wildman–Crippen MR) is 103 cm³/mol. The lowest BCUT2D eigenvalue weighted by molar-refractivity contribution is 0.345. The molecule has 0 spiro atoms. The number of aromatic hydroxyl groups is 1. The highest BCUT2D eigenvalue weighted by Gasteiger charge is 2.14. The average Bonchev–Trinajstić information content (AvgIpc) is 2.54. The molecule has 5 heteroatoms. The molecule has 25 heavy (non-hydrogen) atoms. The van der Waals surface area contributed by atoms with Gasteiger partial charge in [0.05, 0.1) is 0 Å². The minimum Gasteiger partial charge on any atom is -0.508 e. The van der Waals surface area contributed by atoms with Crippen LogP contribution in [0.25, 0.3) is 0 Å². The minimum absolute atomic E-state index is 0.0793. The van der Waals surface area contributed by atoms with E-state index < -0.39 is 8.38 Å². The van der Waals surface area contributed by atoms with Gasteiger partial charge >= 0.3 is 0 Å². The molecule has 0 unspecified atom stereocenters. The smallest absolute Gasteiger partial charge is 0.205 e. The first-order valence-electron chi connectivity index (χ1n) is 8.40. The van der Waals surface area contributed by atoms with Crippen molar-refractivity contribution in [2.24, 2.45) is 0 Å². The summed E-state index contributed by atoms with van der Waals surface area (Å²) in [5.41, 5.74) is 6.63. The lowest BCUT2D eigenvalue weighted by atomic mass is 9.91. The molecular weight excluding hydrogens is 335 g/mol. The number of hydrogen-bond acceptors (Lipinski definition) is 4. The van der Waals surface area contributed by atoms with E-state index in [4.69, 9.17) is 14.5 Å². The molecule has 0 amide bonds. The molecule has 2 aromatic rings. The summed E-state index contributed by atoms with van der Waals surface area (Å²) >= 11 is 0. The molecule has 0 bridgehead atoms. The van der Waals surface area contributed by atoms with Gasteiger partial charge in [-0.15, -0.1) is 0 Å². The van der Waals surface area contributed by atoms with E-state index in [0.29, 0.717) is 11.5 Å². The third-order valence-electron chi connectivity index (χ3n) is 4.64. The molecule has 0 aliphatic heterocycles. The SMILES string of the molecule is Cc1cc(OCP(O)O)c(C)c(C)c1Cc1ccc(O)c(C(C)C)c1. The number of rotatable bonds is 6. The van der Waals surface area contributed by atoms with E-state index in [0.717, 1.165) is 34.2 Å². The highest BCUT2D eigenvalue weighted by Crippen LogP contribution is 2.33. The maximum atomic E-state index is 10.0. The number of phenolic OH excluding ortho intramolecular Hbond substituents is 1. The number of phenols is 1. The van der Waals surface area contributed by atoms with Crippen LogP contribution in [0.3, 0.4) is 0 Å². The molecular formula is C20H27O4P. The van der Waals surface area contributed by atoms with Gasteiger partial charge in [-0.2, -0.15) is 0 Å². The Hall–Kier alpha value is -1.61. The highest BCUT2D eigenvalue weighted by molar-refractivity contribution is 7.44. The van der Waals surface area contributed by atoms with Crippen molar-refractivity contribution < 1.29 is 19.6 Å². The van der Waals surface area contributed by atoms with Crippen LogP contribution in [-0.4, -0.2) is 21.2 Å². The van der Waals surface area contributed by atoms with Crippen molar-refractivity contribution in [1.82, 2.24) is 0 Å². The van der Waals surface area contributed by atoms with E-state index in [2.05, 4.69) is 26.8 Å². The van der Waals surface area contributed by atoms with Gasteiger partial charge in [0.15, 0.2) is 6.35 Å². The zero-order chi connectivity index (χ0) is 18.7. The Bertz CT molecular complexity index is 754. The molecule has 0 aliphatic carbocycles. The Morgan fingerprint density at radius 2 is 1.72 bits per heavy atom. The highest BCUT2D eigenvalue weighted by atomic mass is 31.2. The van der Waals surface area contributed by atoms with Gasteiger partial charge in [0.2, 0.25) is 8.38 Å². The molecule has 136 valence electrons. The summed E-state index contributed by atoms with van der Waals surface area (Å²) in [5.74, 6) is 1.31. The van der Waals surface area contributed by atoms with Crippen LogP contribution < -0.4 is 4.74 Å². The van der Waals surface area contributed by atoms with E-state index in [1.807, 2.05) is 26.0 Å². The second kappa shape index (κ2) is 8.18. The van der Waals surface area contributed by atoms with Crippen molar-refractivity contribution in [1.29, 1.82) is 0 Å². The number of ether oxygens (including phenoxy) is 1. The van der Waals surface area contributed by atoms with Crippen molar-refractivity contribution in [2.45, 2.75) is 47.0 Å². The normalized spacial score (nSPS) is 11.4. The first-order chi connectivity index (χ1) is 11.7. The third kappa shape index (κ3) is 4.72. The molecule has 0 atom stereocenters. The topological polar surface area (TPSA) is 69.9 Å². The molecule has 0 aromatic heterocycles.